The maximum absolute atomic E-state index is 5.91. The first-order valence-electron chi connectivity index (χ1n) is 6.01. The highest BCUT2D eigenvalue weighted by atomic mass is 16.7. The average molecular weight is 237 g/mol. The second-order valence-corrected chi connectivity index (χ2v) is 3.60. The van der Waals surface area contributed by atoms with Gasteiger partial charge in [-0.2, -0.15) is 0 Å². The molecular weight excluding hydrogens is 214 g/mol. The van der Waals surface area contributed by atoms with Crippen LogP contribution in [0.3, 0.4) is 0 Å². The molecule has 2 aliphatic rings. The molecule has 2 N–H and O–H groups in total. The van der Waals surface area contributed by atoms with Crippen molar-refractivity contribution < 1.29 is 10.9 Å². The smallest absolute Gasteiger partial charge is 0.229 e. The summed E-state index contributed by atoms with van der Waals surface area (Å²) in [5, 5.41) is 0. The van der Waals surface area contributed by atoms with Gasteiger partial charge in [0, 0.05) is 12.7 Å². The summed E-state index contributed by atoms with van der Waals surface area (Å²) < 4.78 is 10.9. The standard InChI is InChI=1S/C12H15NO2.C2H6.H2/c1-3-10(13)9-5-4-8(2)11-6-12(9)15-7-14-11;1-2;/h3-5H,6-7,13H2,1-2H3;1-2H3;1H/b10-3-;;. The van der Waals surface area contributed by atoms with Gasteiger partial charge in [-0.05, 0) is 25.5 Å². The van der Waals surface area contributed by atoms with E-state index in [2.05, 4.69) is 0 Å². The van der Waals surface area contributed by atoms with Gasteiger partial charge in [0.25, 0.3) is 0 Å². The van der Waals surface area contributed by atoms with E-state index in [1.54, 1.807) is 0 Å². The zero-order valence-corrected chi connectivity index (χ0v) is 11.0. The van der Waals surface area contributed by atoms with Gasteiger partial charge in [0.05, 0.1) is 6.42 Å². The highest BCUT2D eigenvalue weighted by Gasteiger charge is 2.20. The summed E-state index contributed by atoms with van der Waals surface area (Å²) >= 11 is 0. The minimum absolute atomic E-state index is 0. The molecule has 0 aromatic heterocycles. The van der Waals surface area contributed by atoms with E-state index in [9.17, 15) is 0 Å². The van der Waals surface area contributed by atoms with E-state index in [0.717, 1.165) is 28.4 Å². The number of allylic oxidation sites excluding steroid dienone is 4. The third kappa shape index (κ3) is 2.93. The molecule has 0 unspecified atom stereocenters. The first-order valence-corrected chi connectivity index (χ1v) is 6.01. The van der Waals surface area contributed by atoms with Gasteiger partial charge in [0.2, 0.25) is 6.79 Å². The Morgan fingerprint density at radius 2 is 1.94 bits per heavy atom. The average Bonchev–Trinajstić information content (AvgIpc) is 2.50. The molecule has 0 radical (unpaired) electrons. The van der Waals surface area contributed by atoms with Crippen LogP contribution in [-0.2, 0) is 9.47 Å². The van der Waals surface area contributed by atoms with Crippen molar-refractivity contribution in [1.29, 1.82) is 0 Å². The van der Waals surface area contributed by atoms with Crippen molar-refractivity contribution in [3.63, 3.8) is 0 Å². The Balaban J connectivity index is 0.000000917. The fourth-order valence-electron chi connectivity index (χ4n) is 1.65. The molecular formula is C14H23NO2. The number of rotatable bonds is 1. The first-order chi connectivity index (χ1) is 8.22. The quantitative estimate of drug-likeness (QED) is 0.757. The predicted molar refractivity (Wildman–Crippen MR) is 71.9 cm³/mol. The number of hydrogen-bond donors (Lipinski definition) is 1. The lowest BCUT2D eigenvalue weighted by molar-refractivity contribution is -0.0227. The second kappa shape index (κ2) is 6.18. The number of ether oxygens (including phenoxy) is 2. The largest absolute Gasteiger partial charge is 0.461 e. The van der Waals surface area contributed by atoms with Crippen LogP contribution in [0.25, 0.3) is 0 Å². The van der Waals surface area contributed by atoms with Crippen LogP contribution in [0.1, 0.15) is 35.5 Å². The third-order valence-electron chi connectivity index (χ3n) is 2.65. The zero-order chi connectivity index (χ0) is 12.8. The molecule has 96 valence electrons. The SMILES string of the molecule is C/C=C(\N)C1=C2CC(=C(C)C=C1)OCO2.CC.[HH]. The van der Waals surface area contributed by atoms with Crippen molar-refractivity contribution >= 4 is 0 Å². The molecule has 2 bridgehead atoms. The highest BCUT2D eigenvalue weighted by molar-refractivity contribution is 5.46. The molecule has 0 aromatic carbocycles. The van der Waals surface area contributed by atoms with Crippen LogP contribution in [0.5, 0.6) is 0 Å². The van der Waals surface area contributed by atoms with Gasteiger partial charge in [-0.3, -0.25) is 0 Å². The Kier molecular flexibility index (Phi) is 4.88. The topological polar surface area (TPSA) is 44.5 Å². The summed E-state index contributed by atoms with van der Waals surface area (Å²) in [6.45, 7) is 8.23. The van der Waals surface area contributed by atoms with Gasteiger partial charge in [0.1, 0.15) is 11.5 Å². The molecule has 1 heterocycles. The molecule has 1 saturated heterocycles. The van der Waals surface area contributed by atoms with Gasteiger partial charge in [0.15, 0.2) is 0 Å². The Labute approximate surface area is 105 Å². The summed E-state index contributed by atoms with van der Waals surface area (Å²) in [5.41, 5.74) is 8.76. The van der Waals surface area contributed by atoms with Crippen LogP contribution in [0.4, 0.5) is 0 Å². The van der Waals surface area contributed by atoms with Crippen molar-refractivity contribution in [3.8, 4) is 0 Å². The van der Waals surface area contributed by atoms with Gasteiger partial charge in [-0.25, -0.2) is 0 Å². The highest BCUT2D eigenvalue weighted by Crippen LogP contribution is 2.30. The predicted octanol–water partition coefficient (Wildman–Crippen LogP) is 3.61. The Bertz CT molecular complexity index is 406. The number of hydrogen-bond acceptors (Lipinski definition) is 3. The van der Waals surface area contributed by atoms with Crippen molar-refractivity contribution in [3.05, 3.63) is 46.6 Å². The van der Waals surface area contributed by atoms with Crippen molar-refractivity contribution in [2.75, 3.05) is 6.79 Å². The molecule has 0 saturated carbocycles. The zero-order valence-electron chi connectivity index (χ0n) is 11.0. The molecule has 0 aromatic rings. The van der Waals surface area contributed by atoms with Crippen LogP contribution in [0.15, 0.2) is 46.6 Å². The Morgan fingerprint density at radius 3 is 2.59 bits per heavy atom. The van der Waals surface area contributed by atoms with Crippen molar-refractivity contribution in [2.45, 2.75) is 34.1 Å². The molecule has 17 heavy (non-hydrogen) atoms. The summed E-state index contributed by atoms with van der Waals surface area (Å²) in [6, 6.07) is 0. The van der Waals surface area contributed by atoms with Crippen LogP contribution in [0.2, 0.25) is 0 Å². The molecule has 1 aliphatic heterocycles. The Hall–Kier alpha value is -1.64. The van der Waals surface area contributed by atoms with E-state index >= 15 is 0 Å². The molecule has 3 nitrogen and oxygen atoms in total. The van der Waals surface area contributed by atoms with Gasteiger partial charge >= 0.3 is 0 Å². The maximum atomic E-state index is 5.91. The van der Waals surface area contributed by atoms with E-state index in [1.807, 2.05) is 45.9 Å². The summed E-state index contributed by atoms with van der Waals surface area (Å²) in [4.78, 5) is 0. The van der Waals surface area contributed by atoms with Crippen LogP contribution in [-0.4, -0.2) is 6.79 Å². The minimum Gasteiger partial charge on any atom is -0.461 e. The van der Waals surface area contributed by atoms with E-state index in [4.69, 9.17) is 15.2 Å². The van der Waals surface area contributed by atoms with E-state index in [1.165, 1.54) is 0 Å². The van der Waals surface area contributed by atoms with Gasteiger partial charge in [-0.1, -0.05) is 26.0 Å². The van der Waals surface area contributed by atoms with E-state index in [0.29, 0.717) is 6.42 Å². The van der Waals surface area contributed by atoms with Gasteiger partial charge < -0.3 is 15.2 Å². The van der Waals surface area contributed by atoms with E-state index < -0.39 is 0 Å². The minimum atomic E-state index is 0. The third-order valence-corrected chi connectivity index (χ3v) is 2.65. The fourth-order valence-corrected chi connectivity index (χ4v) is 1.65. The Morgan fingerprint density at radius 1 is 1.29 bits per heavy atom. The maximum Gasteiger partial charge on any atom is 0.229 e. The molecule has 1 aliphatic carbocycles. The van der Waals surface area contributed by atoms with Crippen molar-refractivity contribution in [1.82, 2.24) is 0 Å². The fraction of sp³-hybridized carbons (Fsp3) is 0.429. The number of fused-ring (bicyclic) bond motifs is 2. The van der Waals surface area contributed by atoms with E-state index in [-0.39, 0.29) is 8.22 Å². The molecule has 0 atom stereocenters. The van der Waals surface area contributed by atoms with Crippen LogP contribution >= 0.6 is 0 Å². The first kappa shape index (κ1) is 13.4. The van der Waals surface area contributed by atoms with Crippen LogP contribution < -0.4 is 5.73 Å². The number of nitrogens with two attached hydrogens (primary N) is 1. The lowest BCUT2D eigenvalue weighted by atomic mass is 10.1. The summed E-state index contributed by atoms with van der Waals surface area (Å²) in [5.74, 6) is 1.88. The molecule has 3 heteroatoms. The molecule has 2 rings (SSSR count). The van der Waals surface area contributed by atoms with Crippen molar-refractivity contribution in [2.24, 2.45) is 5.73 Å². The lowest BCUT2D eigenvalue weighted by Gasteiger charge is -2.22. The molecule has 0 spiro atoms. The second-order valence-electron chi connectivity index (χ2n) is 3.60. The lowest BCUT2D eigenvalue weighted by Crippen LogP contribution is -2.12. The molecule has 0 amide bonds. The van der Waals surface area contributed by atoms with Gasteiger partial charge in [-0.15, -0.1) is 0 Å². The van der Waals surface area contributed by atoms with Crippen LogP contribution in [0, 0.1) is 0 Å². The monoisotopic (exact) mass is 237 g/mol. The normalized spacial score (nSPS) is 18.9. The molecule has 1 fully saturated rings. The summed E-state index contributed by atoms with van der Waals surface area (Å²) in [6.07, 6.45) is 6.58. The summed E-state index contributed by atoms with van der Waals surface area (Å²) in [7, 11) is 0.